The monoisotopic (exact) mass is 215 g/mol. The first kappa shape index (κ1) is 10.2. The van der Waals surface area contributed by atoms with Crippen LogP contribution in [-0.4, -0.2) is 11.1 Å². The Labute approximate surface area is 91.7 Å². The minimum atomic E-state index is -1.58. The average Bonchev–Trinajstić information content (AvgIpc) is 2.72. The number of carbonyl (C=O) groups is 1. The fourth-order valence-corrected chi connectivity index (χ4v) is 1.59. The van der Waals surface area contributed by atoms with Gasteiger partial charge in [0.05, 0.1) is 12.3 Å². The Morgan fingerprint density at radius 1 is 1.50 bits per heavy atom. The van der Waals surface area contributed by atoms with Crippen LogP contribution in [0.3, 0.4) is 0 Å². The van der Waals surface area contributed by atoms with Gasteiger partial charge in [-0.05, 0) is 13.0 Å². The van der Waals surface area contributed by atoms with Gasteiger partial charge in [0.15, 0.2) is 5.41 Å². The summed E-state index contributed by atoms with van der Waals surface area (Å²) >= 11 is 0. The predicted octanol–water partition coefficient (Wildman–Crippen LogP) is 2.30. The van der Waals surface area contributed by atoms with E-state index >= 15 is 0 Å². The fourth-order valence-electron chi connectivity index (χ4n) is 1.59. The topological polar surface area (TPSA) is 74.2 Å². The van der Waals surface area contributed by atoms with Crippen LogP contribution in [0.25, 0.3) is 11.0 Å². The molecule has 1 heterocycles. The largest absolute Gasteiger partial charge is 0.480 e. The number of fused-ring (bicyclic) bond motifs is 1. The zero-order chi connectivity index (χ0) is 11.8. The molecule has 1 N–H and O–H groups in total. The van der Waals surface area contributed by atoms with Gasteiger partial charge < -0.3 is 9.52 Å². The summed E-state index contributed by atoms with van der Waals surface area (Å²) in [6, 6.07) is 8.86. The molecule has 0 saturated carbocycles. The Morgan fingerprint density at radius 3 is 2.81 bits per heavy atom. The van der Waals surface area contributed by atoms with Gasteiger partial charge >= 0.3 is 5.97 Å². The second-order valence-corrected chi connectivity index (χ2v) is 3.69. The van der Waals surface area contributed by atoms with Crippen molar-refractivity contribution in [1.82, 2.24) is 0 Å². The van der Waals surface area contributed by atoms with Crippen molar-refractivity contribution in [2.24, 2.45) is 0 Å². The molecule has 0 fully saturated rings. The van der Waals surface area contributed by atoms with Crippen molar-refractivity contribution in [3.05, 3.63) is 36.1 Å². The minimum Gasteiger partial charge on any atom is -0.480 e. The van der Waals surface area contributed by atoms with Crippen molar-refractivity contribution in [1.29, 1.82) is 5.26 Å². The SMILES string of the molecule is CC(C#N)(C(=O)O)c1coc2ccccc12. The summed E-state index contributed by atoms with van der Waals surface area (Å²) in [6.45, 7) is 1.37. The quantitative estimate of drug-likeness (QED) is 0.834. The first-order valence-corrected chi connectivity index (χ1v) is 4.71. The zero-order valence-corrected chi connectivity index (χ0v) is 8.60. The summed E-state index contributed by atoms with van der Waals surface area (Å²) in [4.78, 5) is 11.1. The van der Waals surface area contributed by atoms with E-state index in [-0.39, 0.29) is 0 Å². The van der Waals surface area contributed by atoms with Gasteiger partial charge in [0.1, 0.15) is 5.58 Å². The van der Waals surface area contributed by atoms with Gasteiger partial charge in [0, 0.05) is 10.9 Å². The van der Waals surface area contributed by atoms with Crippen molar-refractivity contribution < 1.29 is 14.3 Å². The number of aliphatic carboxylic acids is 1. The van der Waals surface area contributed by atoms with Gasteiger partial charge in [-0.3, -0.25) is 4.79 Å². The van der Waals surface area contributed by atoms with Crippen LogP contribution in [0.4, 0.5) is 0 Å². The highest BCUT2D eigenvalue weighted by atomic mass is 16.4. The van der Waals surface area contributed by atoms with Gasteiger partial charge in [-0.2, -0.15) is 5.26 Å². The van der Waals surface area contributed by atoms with Crippen molar-refractivity contribution in [2.75, 3.05) is 0 Å². The van der Waals surface area contributed by atoms with Crippen molar-refractivity contribution in [3.63, 3.8) is 0 Å². The number of furan rings is 1. The van der Waals surface area contributed by atoms with Crippen LogP contribution in [0.15, 0.2) is 34.9 Å². The summed E-state index contributed by atoms with van der Waals surface area (Å²) in [5.74, 6) is -1.18. The molecule has 1 aromatic heterocycles. The highest BCUT2D eigenvalue weighted by Gasteiger charge is 2.38. The highest BCUT2D eigenvalue weighted by Crippen LogP contribution is 2.31. The maximum Gasteiger partial charge on any atom is 0.328 e. The number of carboxylic acid groups (broad SMARTS) is 1. The first-order chi connectivity index (χ1) is 7.59. The minimum absolute atomic E-state index is 0.387. The fraction of sp³-hybridized carbons (Fsp3) is 0.167. The molecule has 1 aromatic carbocycles. The Kier molecular flexibility index (Phi) is 2.17. The lowest BCUT2D eigenvalue weighted by molar-refractivity contribution is -0.140. The Hall–Kier alpha value is -2.28. The van der Waals surface area contributed by atoms with Gasteiger partial charge in [0.2, 0.25) is 0 Å². The molecule has 0 bridgehead atoms. The number of nitriles is 1. The van der Waals surface area contributed by atoms with E-state index in [1.807, 2.05) is 6.07 Å². The second kappa shape index (κ2) is 3.38. The number of para-hydroxylation sites is 1. The van der Waals surface area contributed by atoms with Crippen molar-refractivity contribution in [3.8, 4) is 6.07 Å². The molecule has 1 atom stereocenters. The van der Waals surface area contributed by atoms with E-state index < -0.39 is 11.4 Å². The van der Waals surface area contributed by atoms with E-state index in [4.69, 9.17) is 14.8 Å². The molecule has 0 aliphatic carbocycles. The molecule has 2 aromatic rings. The first-order valence-electron chi connectivity index (χ1n) is 4.71. The van der Waals surface area contributed by atoms with Gasteiger partial charge in [-0.25, -0.2) is 0 Å². The molecular weight excluding hydrogens is 206 g/mol. The Balaban J connectivity index is 2.73. The lowest BCUT2D eigenvalue weighted by atomic mass is 9.84. The Morgan fingerprint density at radius 2 is 2.19 bits per heavy atom. The van der Waals surface area contributed by atoms with Gasteiger partial charge in [0.25, 0.3) is 0 Å². The summed E-state index contributed by atoms with van der Waals surface area (Å²) in [5.41, 5.74) is -0.606. The van der Waals surface area contributed by atoms with Crippen LogP contribution >= 0.6 is 0 Å². The molecule has 4 nitrogen and oxygen atoms in total. The number of hydrogen-bond donors (Lipinski definition) is 1. The molecule has 0 amide bonds. The van der Waals surface area contributed by atoms with Crippen LogP contribution in [0.5, 0.6) is 0 Å². The van der Waals surface area contributed by atoms with Crippen molar-refractivity contribution >= 4 is 16.9 Å². The molecule has 0 saturated heterocycles. The molecule has 2 rings (SSSR count). The van der Waals surface area contributed by atoms with E-state index in [2.05, 4.69) is 0 Å². The van der Waals surface area contributed by atoms with E-state index in [1.165, 1.54) is 13.2 Å². The molecule has 16 heavy (non-hydrogen) atoms. The lowest BCUT2D eigenvalue weighted by Crippen LogP contribution is -2.30. The second-order valence-electron chi connectivity index (χ2n) is 3.69. The molecule has 0 aliphatic rings. The maximum absolute atomic E-state index is 11.1. The van der Waals surface area contributed by atoms with Crippen LogP contribution < -0.4 is 0 Å². The molecule has 1 unspecified atom stereocenters. The van der Waals surface area contributed by atoms with Crippen LogP contribution in [0.1, 0.15) is 12.5 Å². The summed E-state index contributed by atoms with van der Waals surface area (Å²) in [7, 11) is 0. The number of benzene rings is 1. The van der Waals surface area contributed by atoms with Crippen molar-refractivity contribution in [2.45, 2.75) is 12.3 Å². The third-order valence-corrected chi connectivity index (χ3v) is 2.67. The number of rotatable bonds is 2. The summed E-state index contributed by atoms with van der Waals surface area (Å²) in [6.07, 6.45) is 1.34. The molecule has 0 radical (unpaired) electrons. The summed E-state index contributed by atoms with van der Waals surface area (Å²) in [5, 5.41) is 18.8. The molecule has 4 heteroatoms. The average molecular weight is 215 g/mol. The molecule has 80 valence electrons. The number of carboxylic acids is 1. The highest BCUT2D eigenvalue weighted by molar-refractivity contribution is 5.92. The van der Waals surface area contributed by atoms with E-state index in [1.54, 1.807) is 24.3 Å². The number of hydrogen-bond acceptors (Lipinski definition) is 3. The van der Waals surface area contributed by atoms with Gasteiger partial charge in [-0.15, -0.1) is 0 Å². The Bertz CT molecular complexity index is 594. The van der Waals surface area contributed by atoms with E-state index in [0.717, 1.165) is 0 Å². The van der Waals surface area contributed by atoms with E-state index in [0.29, 0.717) is 16.5 Å². The summed E-state index contributed by atoms with van der Waals surface area (Å²) < 4.78 is 5.23. The van der Waals surface area contributed by atoms with Crippen LogP contribution in [0.2, 0.25) is 0 Å². The third-order valence-electron chi connectivity index (χ3n) is 2.67. The third kappa shape index (κ3) is 1.26. The van der Waals surface area contributed by atoms with E-state index in [9.17, 15) is 4.79 Å². The number of nitrogens with zero attached hydrogens (tertiary/aromatic N) is 1. The zero-order valence-electron chi connectivity index (χ0n) is 8.60. The molecular formula is C12H9NO3. The van der Waals surface area contributed by atoms with Gasteiger partial charge in [-0.1, -0.05) is 18.2 Å². The lowest BCUT2D eigenvalue weighted by Gasteiger charge is -2.13. The molecule has 0 spiro atoms. The molecule has 0 aliphatic heterocycles. The predicted molar refractivity (Wildman–Crippen MR) is 56.8 cm³/mol. The van der Waals surface area contributed by atoms with Crippen LogP contribution in [0, 0.1) is 11.3 Å². The smallest absolute Gasteiger partial charge is 0.328 e. The normalized spacial score (nSPS) is 14.2. The standard InChI is InChI=1S/C12H9NO3/c1-12(7-13,11(14)15)9-6-16-10-5-3-2-4-8(9)10/h2-6H,1H3,(H,14,15). The maximum atomic E-state index is 11.1. The van der Waals surface area contributed by atoms with Crippen LogP contribution in [-0.2, 0) is 10.2 Å².